The number of aromatic nitrogens is 4. The number of benzene rings is 3. The summed E-state index contributed by atoms with van der Waals surface area (Å²) >= 11 is 1.50. The Bertz CT molecular complexity index is 3810. The molecule has 3 aromatic carbocycles. The molecule has 5 aliphatic heterocycles. The van der Waals surface area contributed by atoms with Crippen LogP contribution >= 0.6 is 11.3 Å². The summed E-state index contributed by atoms with van der Waals surface area (Å²) in [5, 5.41) is 31.9. The number of amides is 5. The zero-order valence-corrected chi connectivity index (χ0v) is 52.3. The van der Waals surface area contributed by atoms with Crippen molar-refractivity contribution >= 4 is 68.4 Å². The zero-order chi connectivity index (χ0) is 64.0. The molecule has 6 aromatic rings. The number of nitrogens with zero attached hydrogens (tertiary/aromatic N) is 10. The number of carbonyl (C=O) groups excluding carboxylic acids is 5. The average Bonchev–Trinajstić information content (AvgIpc) is 1.82. The van der Waals surface area contributed by atoms with Crippen molar-refractivity contribution in [1.82, 2.24) is 60.4 Å². The number of phenolic OH excluding ortho intramolecular Hbond substituents is 1. The minimum atomic E-state index is -2.03. The standard InChI is InChI=1S/C66H76F3N13O8S/c1-6-46-49(67)15-12-41-28-44(83)29-47(54(41)46)56-55(68)57-48(32-70-56)60(81-33-42-13-14-43(34-81)72-42)76-64(74-57)90-27-7-18-77-19-21-78(22-20-77)36-53(86)80-25-23-79(24-26-80)52(85)31-50(39-8-10-40(11-9-39)58-38(2)71-37-91-58)73-61(87)51-30-45(84)35-82(51)62(88)59(65(3,4)5)75-63(89)66(69)16-17-66/h1,8-12,15,28-29,32,37,42-43,45,50-51,59,72,83-84H,7,13-14,16-27,30-31,33-36H2,2-5H3,(H,73,87)(H,75,89)/t42?,43?,45-,50+,51+,59-/m1/s1. The van der Waals surface area contributed by atoms with Crippen LogP contribution in [0.1, 0.15) is 88.6 Å². The summed E-state index contributed by atoms with van der Waals surface area (Å²) < 4.78 is 53.3. The van der Waals surface area contributed by atoms with Gasteiger partial charge in [-0.05, 0) is 79.2 Å². The molecule has 3 aromatic heterocycles. The number of aliphatic hydroxyl groups is 1. The molecule has 21 nitrogen and oxygen atoms in total. The first kappa shape index (κ1) is 63.1. The third-order valence-electron chi connectivity index (χ3n) is 18.6. The lowest BCUT2D eigenvalue weighted by Crippen LogP contribution is -2.59. The predicted molar refractivity (Wildman–Crippen MR) is 336 cm³/mol. The largest absolute Gasteiger partial charge is 0.508 e. The number of ether oxygens (including phenoxy) is 1. The Labute approximate surface area is 529 Å². The second-order valence-corrected chi connectivity index (χ2v) is 26.9. The molecule has 5 amide bonds. The summed E-state index contributed by atoms with van der Waals surface area (Å²) in [6, 6.07) is 10.3. The number of β-amino-alcohol motifs (C(OH)–C–C–N with tert-alkyl or cyclic N) is 1. The van der Waals surface area contributed by atoms with Gasteiger partial charge < -0.3 is 55.4 Å². The van der Waals surface area contributed by atoms with Crippen molar-refractivity contribution in [2.24, 2.45) is 5.41 Å². The number of phenols is 1. The Morgan fingerprint density at radius 2 is 1.58 bits per heavy atom. The summed E-state index contributed by atoms with van der Waals surface area (Å²) in [6.45, 7) is 13.3. The fourth-order valence-electron chi connectivity index (χ4n) is 13.3. The molecule has 12 rings (SSSR count). The lowest BCUT2D eigenvalue weighted by atomic mass is 9.85. The normalized spacial score (nSPS) is 21.6. The number of anilines is 1. The molecule has 5 saturated heterocycles. The molecular weight excluding hydrogens is 1190 g/mol. The highest BCUT2D eigenvalue weighted by molar-refractivity contribution is 7.13. The molecule has 2 bridgehead atoms. The van der Waals surface area contributed by atoms with E-state index >= 15 is 8.78 Å². The number of thiazole rings is 1. The van der Waals surface area contributed by atoms with Crippen LogP contribution in [-0.4, -0.2) is 212 Å². The number of rotatable bonds is 18. The average molecular weight is 1270 g/mol. The first-order valence-electron chi connectivity index (χ1n) is 31.3. The number of aliphatic hydroxyl groups excluding tert-OH is 1. The van der Waals surface area contributed by atoms with Crippen molar-refractivity contribution in [1.29, 1.82) is 0 Å². The Kier molecular flexibility index (Phi) is 18.0. The maximum atomic E-state index is 17.1. The molecule has 6 fully saturated rings. The second kappa shape index (κ2) is 25.9. The number of aromatic hydroxyl groups is 1. The molecule has 1 aliphatic carbocycles. The van der Waals surface area contributed by atoms with Gasteiger partial charge in [0, 0.05) is 114 Å². The lowest BCUT2D eigenvalue weighted by Gasteiger charge is -2.38. The molecule has 0 radical (unpaired) electrons. The van der Waals surface area contributed by atoms with E-state index in [0.29, 0.717) is 87.5 Å². The van der Waals surface area contributed by atoms with Gasteiger partial charge in [0.15, 0.2) is 11.5 Å². The number of likely N-dealkylation sites (tertiary alicyclic amines) is 1. The molecule has 0 spiro atoms. The van der Waals surface area contributed by atoms with Crippen LogP contribution in [0.25, 0.3) is 43.4 Å². The molecule has 8 heterocycles. The van der Waals surface area contributed by atoms with Crippen molar-refractivity contribution in [2.45, 2.75) is 115 Å². The predicted octanol–water partition coefficient (Wildman–Crippen LogP) is 5.48. The van der Waals surface area contributed by atoms with Gasteiger partial charge in [-0.3, -0.25) is 33.9 Å². The van der Waals surface area contributed by atoms with Gasteiger partial charge in [-0.25, -0.2) is 18.2 Å². The van der Waals surface area contributed by atoms with Crippen LogP contribution in [0, 0.1) is 36.3 Å². The van der Waals surface area contributed by atoms with E-state index in [1.165, 1.54) is 46.7 Å². The monoisotopic (exact) mass is 1270 g/mol. The molecule has 6 atom stereocenters. The third kappa shape index (κ3) is 13.5. The first-order chi connectivity index (χ1) is 43.6. The van der Waals surface area contributed by atoms with Crippen LogP contribution in [0.15, 0.2) is 60.2 Å². The van der Waals surface area contributed by atoms with Gasteiger partial charge in [0.1, 0.15) is 40.7 Å². The third-order valence-corrected chi connectivity index (χ3v) is 19.6. The molecule has 6 aliphatic rings. The van der Waals surface area contributed by atoms with E-state index in [2.05, 4.69) is 51.5 Å². The summed E-state index contributed by atoms with van der Waals surface area (Å²) in [5.41, 5.74) is 1.14. The highest BCUT2D eigenvalue weighted by Crippen LogP contribution is 2.42. The molecule has 91 heavy (non-hydrogen) atoms. The number of hydrogen-bond acceptors (Lipinski definition) is 17. The Morgan fingerprint density at radius 3 is 2.24 bits per heavy atom. The van der Waals surface area contributed by atoms with Gasteiger partial charge in [0.2, 0.25) is 23.6 Å². The van der Waals surface area contributed by atoms with Gasteiger partial charge in [-0.1, -0.05) is 57.0 Å². The van der Waals surface area contributed by atoms with Gasteiger partial charge >= 0.3 is 6.01 Å². The SMILES string of the molecule is C#Cc1c(F)ccc2cc(O)cc(-c3ncc4c(N5CC6CCC(C5)N6)nc(OCCCN5CCN(CC(=O)N6CCN(C(=O)C[C@H](NC(=O)[C@@H]7C[C@@H](O)CN7C(=O)[C@@H](NC(=O)C7(F)CC7)C(C)(C)C)c7ccc(-c8scnc8C)cc7)CC6)CC5)nc4c3F)c12. The van der Waals surface area contributed by atoms with Gasteiger partial charge in [0.25, 0.3) is 5.91 Å². The number of carbonyl (C=O) groups is 5. The number of aryl methyl sites for hydroxylation is 1. The maximum absolute atomic E-state index is 17.1. The van der Waals surface area contributed by atoms with Gasteiger partial charge in [0.05, 0.1) is 58.7 Å². The number of hydrogen-bond donors (Lipinski definition) is 5. The van der Waals surface area contributed by atoms with Gasteiger partial charge in [-0.2, -0.15) is 9.97 Å². The molecule has 2 unspecified atom stereocenters. The number of terminal acetylenes is 1. The molecule has 5 N–H and O–H groups in total. The lowest BCUT2D eigenvalue weighted by molar-refractivity contribution is -0.145. The number of pyridine rings is 1. The Balaban J connectivity index is 0.645. The van der Waals surface area contributed by atoms with Crippen LogP contribution in [0.2, 0.25) is 0 Å². The van der Waals surface area contributed by atoms with E-state index in [9.17, 15) is 38.6 Å². The number of nitrogens with one attached hydrogen (secondary N) is 3. The summed E-state index contributed by atoms with van der Waals surface area (Å²) in [7, 11) is 0. The number of piperazine rings is 3. The second-order valence-electron chi connectivity index (χ2n) is 26.1. The highest BCUT2D eigenvalue weighted by atomic mass is 32.1. The summed E-state index contributed by atoms with van der Waals surface area (Å²) in [6.07, 6.45) is 8.76. The van der Waals surface area contributed by atoms with E-state index in [0.717, 1.165) is 29.0 Å². The van der Waals surface area contributed by atoms with E-state index in [4.69, 9.17) is 16.1 Å². The number of fused-ring (bicyclic) bond motifs is 4. The van der Waals surface area contributed by atoms with Crippen LogP contribution in [-0.2, 0) is 24.0 Å². The van der Waals surface area contributed by atoms with Crippen molar-refractivity contribution < 1.29 is 52.1 Å². The topological polar surface area (TPSA) is 242 Å². The quantitative estimate of drug-likeness (QED) is 0.0529. The summed E-state index contributed by atoms with van der Waals surface area (Å²) in [5.74, 6) is -1.10. The van der Waals surface area contributed by atoms with Crippen LogP contribution < -0.4 is 25.6 Å². The molecule has 25 heteroatoms. The van der Waals surface area contributed by atoms with E-state index in [1.807, 2.05) is 31.2 Å². The number of halogens is 3. The zero-order valence-electron chi connectivity index (χ0n) is 51.5. The van der Waals surface area contributed by atoms with Crippen LogP contribution in [0.5, 0.6) is 11.8 Å². The molecular formula is C66H76F3N13O8S. The van der Waals surface area contributed by atoms with Crippen molar-refractivity contribution in [2.75, 3.05) is 96.6 Å². The Hall–Kier alpha value is -8.02. The summed E-state index contributed by atoms with van der Waals surface area (Å²) in [4.78, 5) is 100. The fourth-order valence-corrected chi connectivity index (χ4v) is 14.2. The van der Waals surface area contributed by atoms with Crippen molar-refractivity contribution in [3.05, 3.63) is 88.7 Å². The smallest absolute Gasteiger partial charge is 0.319 e. The van der Waals surface area contributed by atoms with Crippen LogP contribution in [0.4, 0.5) is 19.0 Å². The Morgan fingerprint density at radius 1 is 0.890 bits per heavy atom. The van der Waals surface area contributed by atoms with E-state index < -0.39 is 64.7 Å². The fraction of sp³-hybridized carbons (Fsp3) is 0.500. The van der Waals surface area contributed by atoms with Crippen molar-refractivity contribution in [3.8, 4) is 45.8 Å². The van der Waals surface area contributed by atoms with Crippen molar-refractivity contribution in [3.63, 3.8) is 0 Å². The van der Waals surface area contributed by atoms with Gasteiger partial charge in [-0.15, -0.1) is 17.8 Å². The van der Waals surface area contributed by atoms with Crippen LogP contribution in [0.3, 0.4) is 0 Å². The van der Waals surface area contributed by atoms with E-state index in [1.54, 1.807) is 36.1 Å². The molecule has 1 saturated carbocycles. The molecule has 480 valence electrons. The highest BCUT2D eigenvalue weighted by Gasteiger charge is 2.53. The minimum Gasteiger partial charge on any atom is -0.508 e. The maximum Gasteiger partial charge on any atom is 0.319 e. The minimum absolute atomic E-state index is 0.000606. The van der Waals surface area contributed by atoms with E-state index in [-0.39, 0.29) is 122 Å². The first-order valence-corrected chi connectivity index (χ1v) is 32.2. The number of alkyl halides is 1.